The molecule has 2 heterocycles. The summed E-state index contributed by atoms with van der Waals surface area (Å²) < 4.78 is 0. The number of hydrogen-bond donors (Lipinski definition) is 1. The summed E-state index contributed by atoms with van der Waals surface area (Å²) in [6, 6.07) is 5.19. The van der Waals surface area contributed by atoms with Crippen LogP contribution in [0.1, 0.15) is 35.2 Å². The Balaban J connectivity index is 1.80. The van der Waals surface area contributed by atoms with E-state index in [0.717, 1.165) is 28.0 Å². The Morgan fingerprint density at radius 3 is 2.87 bits per heavy atom. The number of hydrogen-bond acceptors (Lipinski definition) is 4. The molecule has 1 aromatic rings. The Morgan fingerprint density at radius 2 is 2.13 bits per heavy atom. The van der Waals surface area contributed by atoms with E-state index in [-0.39, 0.29) is 24.1 Å². The smallest absolute Gasteiger partial charge is 0.255 e. The SMILES string of the molecule is O=C1CCC(N2Cc3c(SCCCBr)cccc3C2=O)C(=O)N1. The van der Waals surface area contributed by atoms with Gasteiger partial charge in [-0.25, -0.2) is 0 Å². The minimum Gasteiger partial charge on any atom is -0.322 e. The third-order valence-electron chi connectivity index (χ3n) is 4.07. The summed E-state index contributed by atoms with van der Waals surface area (Å²) in [4.78, 5) is 38.7. The van der Waals surface area contributed by atoms with Crippen LogP contribution in [-0.2, 0) is 16.1 Å². The Bertz CT molecular complexity index is 665. The van der Waals surface area contributed by atoms with E-state index in [0.29, 0.717) is 18.5 Å². The van der Waals surface area contributed by atoms with Crippen molar-refractivity contribution in [3.8, 4) is 0 Å². The zero-order valence-corrected chi connectivity index (χ0v) is 14.9. The molecule has 0 aromatic heterocycles. The standard InChI is InChI=1S/C16H17BrN2O3S/c17-7-2-8-23-13-4-1-3-10-11(13)9-19(16(10)22)12-5-6-14(20)18-15(12)21/h1,3-4,12H,2,5-9H2,(H,18,20,21). The van der Waals surface area contributed by atoms with Crippen LogP contribution < -0.4 is 5.32 Å². The molecule has 0 saturated carbocycles. The van der Waals surface area contributed by atoms with Crippen LogP contribution in [0.3, 0.4) is 0 Å². The molecule has 2 aliphatic heterocycles. The maximum absolute atomic E-state index is 12.6. The fourth-order valence-electron chi connectivity index (χ4n) is 2.93. The summed E-state index contributed by atoms with van der Waals surface area (Å²) in [5, 5.41) is 3.28. The number of nitrogens with one attached hydrogen (secondary N) is 1. The monoisotopic (exact) mass is 396 g/mol. The Morgan fingerprint density at radius 1 is 1.30 bits per heavy atom. The van der Waals surface area contributed by atoms with Crippen LogP contribution in [0.25, 0.3) is 0 Å². The summed E-state index contributed by atoms with van der Waals surface area (Å²) in [5.74, 6) is 0.240. The molecular weight excluding hydrogens is 380 g/mol. The fraction of sp³-hybridized carbons (Fsp3) is 0.438. The van der Waals surface area contributed by atoms with Gasteiger partial charge in [0.25, 0.3) is 5.91 Å². The molecule has 0 aliphatic carbocycles. The Hall–Kier alpha value is -1.34. The molecule has 5 nitrogen and oxygen atoms in total. The summed E-state index contributed by atoms with van der Waals surface area (Å²) in [6.07, 6.45) is 1.74. The molecule has 0 spiro atoms. The zero-order chi connectivity index (χ0) is 16.4. The lowest BCUT2D eigenvalue weighted by Gasteiger charge is -2.29. The van der Waals surface area contributed by atoms with Crippen molar-refractivity contribution in [2.75, 3.05) is 11.1 Å². The van der Waals surface area contributed by atoms with E-state index in [1.807, 2.05) is 18.2 Å². The molecule has 3 rings (SSSR count). The summed E-state index contributed by atoms with van der Waals surface area (Å²) in [6.45, 7) is 0.442. The largest absolute Gasteiger partial charge is 0.322 e. The number of carbonyl (C=O) groups excluding carboxylic acids is 3. The first kappa shape index (κ1) is 16.5. The molecule has 23 heavy (non-hydrogen) atoms. The molecule has 2 aliphatic rings. The number of imide groups is 1. The van der Waals surface area contributed by atoms with E-state index in [2.05, 4.69) is 21.2 Å². The number of amides is 3. The van der Waals surface area contributed by atoms with E-state index in [1.165, 1.54) is 0 Å². The zero-order valence-electron chi connectivity index (χ0n) is 12.5. The molecule has 1 aromatic carbocycles. The second-order valence-electron chi connectivity index (χ2n) is 5.57. The topological polar surface area (TPSA) is 66.5 Å². The van der Waals surface area contributed by atoms with Crippen molar-refractivity contribution in [3.05, 3.63) is 29.3 Å². The van der Waals surface area contributed by atoms with E-state index < -0.39 is 6.04 Å². The minimum atomic E-state index is -0.548. The van der Waals surface area contributed by atoms with Gasteiger partial charge in [0.2, 0.25) is 11.8 Å². The van der Waals surface area contributed by atoms with Gasteiger partial charge in [0.05, 0.1) is 0 Å². The fourth-order valence-corrected chi connectivity index (χ4v) is 4.61. The molecule has 3 amide bonds. The van der Waals surface area contributed by atoms with Crippen LogP contribution in [0.15, 0.2) is 23.1 Å². The summed E-state index contributed by atoms with van der Waals surface area (Å²) >= 11 is 5.16. The van der Waals surface area contributed by atoms with Crippen molar-refractivity contribution in [1.82, 2.24) is 10.2 Å². The predicted molar refractivity (Wildman–Crippen MR) is 91.6 cm³/mol. The molecule has 0 radical (unpaired) electrons. The van der Waals surface area contributed by atoms with Gasteiger partial charge in [-0.2, -0.15) is 0 Å². The lowest BCUT2D eigenvalue weighted by molar-refractivity contribution is -0.136. The van der Waals surface area contributed by atoms with Gasteiger partial charge in [-0.15, -0.1) is 11.8 Å². The molecule has 1 atom stereocenters. The second kappa shape index (κ2) is 7.05. The van der Waals surface area contributed by atoms with Crippen LogP contribution >= 0.6 is 27.7 Å². The van der Waals surface area contributed by atoms with Crippen molar-refractivity contribution < 1.29 is 14.4 Å². The van der Waals surface area contributed by atoms with Gasteiger partial charge in [-0.05, 0) is 36.3 Å². The Kier molecular flexibility index (Phi) is 5.06. The van der Waals surface area contributed by atoms with Crippen molar-refractivity contribution >= 4 is 45.4 Å². The highest BCUT2D eigenvalue weighted by Gasteiger charge is 2.39. The highest BCUT2D eigenvalue weighted by Crippen LogP contribution is 2.34. The van der Waals surface area contributed by atoms with Crippen LogP contribution in [0, 0.1) is 0 Å². The van der Waals surface area contributed by atoms with Gasteiger partial charge >= 0.3 is 0 Å². The number of carbonyl (C=O) groups is 3. The first-order valence-electron chi connectivity index (χ1n) is 7.57. The summed E-state index contributed by atoms with van der Waals surface area (Å²) in [5.41, 5.74) is 1.68. The third kappa shape index (κ3) is 3.30. The number of fused-ring (bicyclic) bond motifs is 1. The average Bonchev–Trinajstić information content (AvgIpc) is 2.86. The van der Waals surface area contributed by atoms with Gasteiger partial charge in [-0.3, -0.25) is 19.7 Å². The number of nitrogens with zero attached hydrogens (tertiary/aromatic N) is 1. The van der Waals surface area contributed by atoms with Crippen LogP contribution in [0.4, 0.5) is 0 Å². The van der Waals surface area contributed by atoms with Crippen molar-refractivity contribution in [3.63, 3.8) is 0 Å². The highest BCUT2D eigenvalue weighted by atomic mass is 79.9. The van der Waals surface area contributed by atoms with Gasteiger partial charge in [0.1, 0.15) is 6.04 Å². The number of alkyl halides is 1. The van der Waals surface area contributed by atoms with Crippen LogP contribution in [-0.4, -0.2) is 39.7 Å². The maximum atomic E-state index is 12.6. The molecule has 122 valence electrons. The van der Waals surface area contributed by atoms with Crippen LogP contribution in [0.5, 0.6) is 0 Å². The van der Waals surface area contributed by atoms with Gasteiger partial charge in [-0.1, -0.05) is 22.0 Å². The molecule has 1 unspecified atom stereocenters. The van der Waals surface area contributed by atoms with Gasteiger partial charge in [0.15, 0.2) is 0 Å². The van der Waals surface area contributed by atoms with Crippen molar-refractivity contribution in [1.29, 1.82) is 0 Å². The summed E-state index contributed by atoms with van der Waals surface area (Å²) in [7, 11) is 0. The lowest BCUT2D eigenvalue weighted by atomic mass is 10.0. The molecule has 1 N–H and O–H groups in total. The number of piperidine rings is 1. The first-order chi connectivity index (χ1) is 11.1. The number of benzene rings is 1. The molecule has 1 fully saturated rings. The highest BCUT2D eigenvalue weighted by molar-refractivity contribution is 9.09. The van der Waals surface area contributed by atoms with Gasteiger partial charge in [0, 0.05) is 28.8 Å². The third-order valence-corrected chi connectivity index (χ3v) is 5.82. The van der Waals surface area contributed by atoms with E-state index in [4.69, 9.17) is 0 Å². The normalized spacial score (nSPS) is 20.7. The number of thioether (sulfide) groups is 1. The number of halogens is 1. The average molecular weight is 397 g/mol. The second-order valence-corrected chi connectivity index (χ2v) is 7.50. The first-order valence-corrected chi connectivity index (χ1v) is 9.68. The Labute approximate surface area is 147 Å². The molecule has 0 bridgehead atoms. The predicted octanol–water partition coefficient (Wildman–Crippen LogP) is 2.32. The van der Waals surface area contributed by atoms with Gasteiger partial charge < -0.3 is 4.90 Å². The maximum Gasteiger partial charge on any atom is 0.255 e. The van der Waals surface area contributed by atoms with Crippen LogP contribution in [0.2, 0.25) is 0 Å². The van der Waals surface area contributed by atoms with E-state index >= 15 is 0 Å². The van der Waals surface area contributed by atoms with Crippen molar-refractivity contribution in [2.45, 2.75) is 36.7 Å². The quantitative estimate of drug-likeness (QED) is 0.359. The lowest BCUT2D eigenvalue weighted by Crippen LogP contribution is -2.52. The van der Waals surface area contributed by atoms with E-state index in [9.17, 15) is 14.4 Å². The molecule has 1 saturated heterocycles. The van der Waals surface area contributed by atoms with Crippen molar-refractivity contribution in [2.24, 2.45) is 0 Å². The minimum absolute atomic E-state index is 0.113. The molecular formula is C16H17BrN2O3S. The molecule has 7 heteroatoms. The number of rotatable bonds is 5. The van der Waals surface area contributed by atoms with E-state index in [1.54, 1.807) is 16.7 Å².